The minimum absolute atomic E-state index is 0.211. The van der Waals surface area contributed by atoms with E-state index in [2.05, 4.69) is 9.71 Å². The van der Waals surface area contributed by atoms with Gasteiger partial charge in [0.1, 0.15) is 4.21 Å². The number of nitrogens with two attached hydrogens (primary N) is 1. The first kappa shape index (κ1) is 13.6. The minimum Gasteiger partial charge on any atom is -0.326 e. The zero-order valence-corrected chi connectivity index (χ0v) is 12.2. The van der Waals surface area contributed by atoms with Crippen molar-refractivity contribution in [2.45, 2.75) is 24.2 Å². The molecule has 0 radical (unpaired) electrons. The van der Waals surface area contributed by atoms with E-state index in [1.807, 2.05) is 12.3 Å². The standard InChI is InChI=1S/C10H13N3O2S3/c1-7-13-8(6-16-7)5-12-18(14,15)10-3-2-9(4-11)17-10/h2-3,6,12H,4-5,11H2,1H3. The van der Waals surface area contributed by atoms with Gasteiger partial charge in [-0.1, -0.05) is 0 Å². The van der Waals surface area contributed by atoms with E-state index >= 15 is 0 Å². The van der Waals surface area contributed by atoms with Crippen LogP contribution in [0.3, 0.4) is 0 Å². The van der Waals surface area contributed by atoms with Crippen molar-refractivity contribution in [3.05, 3.63) is 33.1 Å². The first-order valence-corrected chi connectivity index (χ1v) is 8.38. The Bertz CT molecular complexity index is 630. The Hall–Kier alpha value is -0.800. The predicted octanol–water partition coefficient (Wildman–Crippen LogP) is 1.45. The van der Waals surface area contributed by atoms with Crippen molar-refractivity contribution in [1.82, 2.24) is 9.71 Å². The fourth-order valence-corrected chi connectivity index (χ4v) is 4.23. The third kappa shape index (κ3) is 3.15. The van der Waals surface area contributed by atoms with Gasteiger partial charge >= 0.3 is 0 Å². The molecule has 0 atom stereocenters. The quantitative estimate of drug-likeness (QED) is 0.875. The number of hydrogen-bond donors (Lipinski definition) is 2. The topological polar surface area (TPSA) is 85.1 Å². The molecular weight excluding hydrogens is 290 g/mol. The average molecular weight is 303 g/mol. The van der Waals surface area contributed by atoms with Gasteiger partial charge in [0.2, 0.25) is 10.0 Å². The van der Waals surface area contributed by atoms with Gasteiger partial charge in [0.05, 0.1) is 17.2 Å². The molecule has 3 N–H and O–H groups in total. The zero-order chi connectivity index (χ0) is 13.2. The fraction of sp³-hybridized carbons (Fsp3) is 0.300. The Balaban J connectivity index is 2.07. The SMILES string of the molecule is Cc1nc(CNS(=O)(=O)c2ccc(CN)s2)cs1. The van der Waals surface area contributed by atoms with Crippen molar-refractivity contribution in [1.29, 1.82) is 0 Å². The summed E-state index contributed by atoms with van der Waals surface area (Å²) in [5.41, 5.74) is 6.19. The molecule has 98 valence electrons. The summed E-state index contributed by atoms with van der Waals surface area (Å²) in [5.74, 6) is 0. The lowest BCUT2D eigenvalue weighted by Crippen LogP contribution is -2.22. The van der Waals surface area contributed by atoms with Crippen LogP contribution in [0.25, 0.3) is 0 Å². The van der Waals surface area contributed by atoms with Crippen molar-refractivity contribution in [3.8, 4) is 0 Å². The molecule has 0 amide bonds. The monoisotopic (exact) mass is 303 g/mol. The van der Waals surface area contributed by atoms with E-state index in [1.54, 1.807) is 12.1 Å². The maximum absolute atomic E-state index is 12.0. The molecule has 0 aliphatic carbocycles. The summed E-state index contributed by atoms with van der Waals surface area (Å²) in [6, 6.07) is 3.30. The van der Waals surface area contributed by atoms with E-state index in [9.17, 15) is 8.42 Å². The molecule has 0 saturated heterocycles. The molecule has 5 nitrogen and oxygen atoms in total. The van der Waals surface area contributed by atoms with Crippen molar-refractivity contribution in [3.63, 3.8) is 0 Å². The summed E-state index contributed by atoms with van der Waals surface area (Å²) >= 11 is 2.69. The van der Waals surface area contributed by atoms with Gasteiger partial charge in [0.25, 0.3) is 0 Å². The van der Waals surface area contributed by atoms with Crippen LogP contribution in [-0.2, 0) is 23.1 Å². The van der Waals surface area contributed by atoms with Crippen LogP contribution in [0.1, 0.15) is 15.6 Å². The summed E-state index contributed by atoms with van der Waals surface area (Å²) < 4.78 is 26.8. The predicted molar refractivity (Wildman–Crippen MR) is 73.1 cm³/mol. The molecule has 0 saturated carbocycles. The van der Waals surface area contributed by atoms with E-state index in [1.165, 1.54) is 22.7 Å². The third-order valence-corrected chi connectivity index (χ3v) is 6.04. The maximum Gasteiger partial charge on any atom is 0.250 e. The lowest BCUT2D eigenvalue weighted by atomic mass is 10.5. The molecule has 0 aliphatic heterocycles. The number of sulfonamides is 1. The van der Waals surface area contributed by atoms with Crippen molar-refractivity contribution < 1.29 is 8.42 Å². The van der Waals surface area contributed by atoms with Crippen LogP contribution in [0.15, 0.2) is 21.7 Å². The van der Waals surface area contributed by atoms with Gasteiger partial charge in [-0.05, 0) is 19.1 Å². The number of aryl methyl sites for hydroxylation is 1. The molecule has 0 fully saturated rings. The van der Waals surface area contributed by atoms with Crippen LogP contribution in [0.4, 0.5) is 0 Å². The van der Waals surface area contributed by atoms with E-state index < -0.39 is 10.0 Å². The smallest absolute Gasteiger partial charge is 0.250 e. The van der Waals surface area contributed by atoms with Gasteiger partial charge in [-0.15, -0.1) is 22.7 Å². The number of nitrogens with zero attached hydrogens (tertiary/aromatic N) is 1. The summed E-state index contributed by atoms with van der Waals surface area (Å²) in [4.78, 5) is 5.05. The Kier molecular flexibility index (Phi) is 4.13. The number of thiazole rings is 1. The average Bonchev–Trinajstić information content (AvgIpc) is 2.95. The van der Waals surface area contributed by atoms with Crippen molar-refractivity contribution >= 4 is 32.7 Å². The molecule has 0 spiro atoms. The van der Waals surface area contributed by atoms with Gasteiger partial charge < -0.3 is 5.73 Å². The second-order valence-corrected chi connectivity index (χ2v) is 7.83. The number of aromatic nitrogens is 1. The largest absolute Gasteiger partial charge is 0.326 e. The van der Waals surface area contributed by atoms with Crippen molar-refractivity contribution in [2.75, 3.05) is 0 Å². The summed E-state index contributed by atoms with van der Waals surface area (Å²) in [5, 5.41) is 2.77. The maximum atomic E-state index is 12.0. The fourth-order valence-electron chi connectivity index (χ4n) is 1.34. The number of rotatable bonds is 5. The molecule has 2 aromatic heterocycles. The Morgan fingerprint density at radius 1 is 1.44 bits per heavy atom. The van der Waals surface area contributed by atoms with E-state index in [4.69, 9.17) is 5.73 Å². The Morgan fingerprint density at radius 2 is 2.22 bits per heavy atom. The van der Waals surface area contributed by atoms with E-state index in [0.717, 1.165) is 15.6 Å². The molecular formula is C10H13N3O2S3. The second-order valence-electron chi connectivity index (χ2n) is 3.61. The van der Waals surface area contributed by atoms with Gasteiger partial charge in [-0.3, -0.25) is 0 Å². The molecule has 0 unspecified atom stereocenters. The number of nitrogens with one attached hydrogen (secondary N) is 1. The second kappa shape index (κ2) is 5.45. The Morgan fingerprint density at radius 3 is 2.78 bits per heavy atom. The third-order valence-electron chi connectivity index (χ3n) is 2.21. The lowest BCUT2D eigenvalue weighted by Gasteiger charge is -2.02. The van der Waals surface area contributed by atoms with Crippen LogP contribution < -0.4 is 10.5 Å². The highest BCUT2D eigenvalue weighted by Crippen LogP contribution is 2.21. The van der Waals surface area contributed by atoms with Crippen LogP contribution in [0.5, 0.6) is 0 Å². The molecule has 0 aromatic carbocycles. The molecule has 2 aromatic rings. The number of thiophene rings is 1. The normalized spacial score (nSPS) is 11.9. The first-order valence-electron chi connectivity index (χ1n) is 5.21. The van der Waals surface area contributed by atoms with Crippen LogP contribution in [0.2, 0.25) is 0 Å². The van der Waals surface area contributed by atoms with Crippen LogP contribution in [0, 0.1) is 6.92 Å². The molecule has 2 heterocycles. The van der Waals surface area contributed by atoms with E-state index in [-0.39, 0.29) is 10.8 Å². The highest BCUT2D eigenvalue weighted by Gasteiger charge is 2.16. The molecule has 0 aliphatic rings. The molecule has 8 heteroatoms. The molecule has 0 bridgehead atoms. The van der Waals surface area contributed by atoms with Crippen LogP contribution >= 0.6 is 22.7 Å². The van der Waals surface area contributed by atoms with E-state index in [0.29, 0.717) is 6.54 Å². The van der Waals surface area contributed by atoms with Gasteiger partial charge in [-0.25, -0.2) is 18.1 Å². The van der Waals surface area contributed by atoms with Crippen LogP contribution in [-0.4, -0.2) is 13.4 Å². The first-order chi connectivity index (χ1) is 8.51. The summed E-state index contributed by atoms with van der Waals surface area (Å²) in [7, 11) is -3.46. The highest BCUT2D eigenvalue weighted by molar-refractivity contribution is 7.91. The van der Waals surface area contributed by atoms with Gasteiger partial charge in [0, 0.05) is 16.8 Å². The summed E-state index contributed by atoms with van der Waals surface area (Å²) in [6.07, 6.45) is 0. The Labute approximate surface area is 114 Å². The minimum atomic E-state index is -3.46. The zero-order valence-electron chi connectivity index (χ0n) is 9.71. The summed E-state index contributed by atoms with van der Waals surface area (Å²) in [6.45, 7) is 2.45. The molecule has 18 heavy (non-hydrogen) atoms. The lowest BCUT2D eigenvalue weighted by molar-refractivity contribution is 0.582. The highest BCUT2D eigenvalue weighted by atomic mass is 32.2. The van der Waals surface area contributed by atoms with Gasteiger partial charge in [-0.2, -0.15) is 0 Å². The van der Waals surface area contributed by atoms with Gasteiger partial charge in [0.15, 0.2) is 0 Å². The molecule has 2 rings (SSSR count). The van der Waals surface area contributed by atoms with Crippen molar-refractivity contribution in [2.24, 2.45) is 5.73 Å². The number of hydrogen-bond acceptors (Lipinski definition) is 6.